The Bertz CT molecular complexity index is 271. The van der Waals surface area contributed by atoms with Crippen molar-refractivity contribution in [2.45, 2.75) is 0 Å². The van der Waals surface area contributed by atoms with Crippen molar-refractivity contribution in [2.75, 3.05) is 0 Å². The third-order valence-electron chi connectivity index (χ3n) is 0.911. The molecule has 0 aliphatic heterocycles. The lowest BCUT2D eigenvalue weighted by molar-refractivity contribution is 1.20. The van der Waals surface area contributed by atoms with Crippen LogP contribution in [0.3, 0.4) is 0 Å². The molecule has 4 heteroatoms. The van der Waals surface area contributed by atoms with Crippen LogP contribution in [0.15, 0.2) is 30.3 Å². The van der Waals surface area contributed by atoms with Gasteiger partial charge in [-0.3, -0.25) is 0 Å². The zero-order valence-electron chi connectivity index (χ0n) is 6.36. The quantitative estimate of drug-likeness (QED) is 0.361. The average Bonchev–Trinajstić information content (AvgIpc) is 2.08. The van der Waals surface area contributed by atoms with E-state index in [2.05, 4.69) is 9.24 Å². The highest BCUT2D eigenvalue weighted by Crippen LogP contribution is 1.86. The summed E-state index contributed by atoms with van der Waals surface area (Å²) in [6, 6.07) is 10.1. The molecule has 0 fully saturated rings. The molecule has 1 unspecified atom stereocenters. The van der Waals surface area contributed by atoms with Crippen LogP contribution in [0, 0.1) is 22.9 Å². The predicted molar refractivity (Wildman–Crippen MR) is 50.1 cm³/mol. The summed E-state index contributed by atoms with van der Waals surface area (Å²) in [5, 5.41) is 17.9. The maximum atomic E-state index is 7.48. The maximum absolute atomic E-state index is 7.48. The van der Waals surface area contributed by atoms with E-state index in [-0.39, 0.29) is 0 Å². The van der Waals surface area contributed by atoms with Gasteiger partial charge in [0.25, 0.3) is 0 Å². The Morgan fingerprint density at radius 1 is 1.08 bits per heavy atom. The van der Waals surface area contributed by atoms with E-state index in [9.17, 15) is 0 Å². The van der Waals surface area contributed by atoms with Crippen LogP contribution in [-0.2, 0) is 0 Å². The summed E-state index contributed by atoms with van der Waals surface area (Å²) in [4.78, 5) is 0. The molecule has 0 saturated carbocycles. The number of hydrogen-bond acceptors (Lipinski definition) is 3. The van der Waals surface area contributed by atoms with E-state index in [1.807, 2.05) is 30.3 Å². The molecule has 0 amide bonds. The lowest BCUT2D eigenvalue weighted by Crippen LogP contribution is -1.88. The van der Waals surface area contributed by atoms with Crippen LogP contribution in [0.1, 0.15) is 0 Å². The molecule has 3 nitrogen and oxygen atoms in total. The van der Waals surface area contributed by atoms with Crippen LogP contribution in [0.2, 0.25) is 0 Å². The topological polar surface area (TPSA) is 59.6 Å². The molecule has 0 heterocycles. The molecule has 1 aromatic rings. The molecule has 0 saturated heterocycles. The molecule has 0 aromatic heterocycles. The van der Waals surface area contributed by atoms with Gasteiger partial charge in [0.1, 0.15) is 0 Å². The van der Waals surface area contributed by atoms with Gasteiger partial charge in [-0.05, 0) is 5.30 Å². The highest BCUT2D eigenvalue weighted by Gasteiger charge is 1.72. The Morgan fingerprint density at radius 3 is 1.75 bits per heavy atom. The van der Waals surface area contributed by atoms with Crippen molar-refractivity contribution in [3.05, 3.63) is 30.3 Å². The van der Waals surface area contributed by atoms with Gasteiger partial charge in [-0.1, -0.05) is 30.3 Å². The monoisotopic (exact) mass is 177 g/mol. The third kappa shape index (κ3) is 6.55. The first-order valence-corrected chi connectivity index (χ1v) is 3.72. The van der Waals surface area contributed by atoms with Crippen molar-refractivity contribution in [3.8, 4) is 12.4 Å². The van der Waals surface area contributed by atoms with Crippen LogP contribution >= 0.6 is 9.24 Å². The Kier molecular flexibility index (Phi) is 6.55. The fourth-order valence-electron chi connectivity index (χ4n) is 0.478. The van der Waals surface area contributed by atoms with Crippen molar-refractivity contribution in [3.63, 3.8) is 0 Å². The smallest absolute Gasteiger partial charge is 0.190 e. The van der Waals surface area contributed by atoms with E-state index < -0.39 is 0 Å². The van der Waals surface area contributed by atoms with Gasteiger partial charge in [-0.25, -0.2) is 5.32 Å². The van der Waals surface area contributed by atoms with Gasteiger partial charge in [0, 0.05) is 0 Å². The highest BCUT2D eigenvalue weighted by atomic mass is 31.0. The van der Waals surface area contributed by atoms with E-state index in [4.69, 9.17) is 10.5 Å². The first-order chi connectivity index (χ1) is 5.81. The minimum atomic E-state index is 1.24. The molecule has 1 aromatic carbocycles. The molecule has 1 rings (SSSR count). The van der Waals surface area contributed by atoms with Gasteiger partial charge in [-0.2, -0.15) is 10.5 Å². The zero-order valence-corrected chi connectivity index (χ0v) is 7.51. The van der Waals surface area contributed by atoms with Gasteiger partial charge in [0.05, 0.1) is 0 Å². The van der Waals surface area contributed by atoms with Crippen LogP contribution in [-0.4, -0.2) is 0 Å². The Labute approximate surface area is 73.8 Å². The van der Waals surface area contributed by atoms with Crippen LogP contribution in [0.5, 0.6) is 0 Å². The second-order valence-corrected chi connectivity index (χ2v) is 2.43. The molecule has 1 N–H and O–H groups in total. The van der Waals surface area contributed by atoms with Gasteiger partial charge < -0.3 is 0 Å². The summed E-state index contributed by atoms with van der Waals surface area (Å²) in [5.41, 5.74) is 0. The molecule has 0 aliphatic carbocycles. The van der Waals surface area contributed by atoms with Gasteiger partial charge >= 0.3 is 0 Å². The van der Waals surface area contributed by atoms with E-state index >= 15 is 0 Å². The fourth-order valence-corrected chi connectivity index (χ4v) is 0.700. The summed E-state index contributed by atoms with van der Waals surface area (Å²) >= 11 is 0. The van der Waals surface area contributed by atoms with Gasteiger partial charge in [0.2, 0.25) is 0 Å². The largest absolute Gasteiger partial charge is 0.229 e. The van der Waals surface area contributed by atoms with E-state index in [1.165, 1.54) is 17.7 Å². The fraction of sp³-hybridized carbons (Fsp3) is 0. The molecule has 0 spiro atoms. The van der Waals surface area contributed by atoms with Crippen molar-refractivity contribution < 1.29 is 0 Å². The molecule has 1 atom stereocenters. The second-order valence-electron chi connectivity index (χ2n) is 1.76. The van der Waals surface area contributed by atoms with Crippen LogP contribution in [0.25, 0.3) is 0 Å². The molecule has 0 bridgehead atoms. The first kappa shape index (κ1) is 10.4. The van der Waals surface area contributed by atoms with Crippen LogP contribution in [0.4, 0.5) is 0 Å². The Hall–Kier alpha value is -1.57. The Balaban J connectivity index is 0.000000217. The van der Waals surface area contributed by atoms with Crippen molar-refractivity contribution in [1.29, 1.82) is 10.5 Å². The third-order valence-corrected chi connectivity index (χ3v) is 1.30. The molecular formula is C8H8N3P. The summed E-state index contributed by atoms with van der Waals surface area (Å²) in [7, 11) is 2.63. The average molecular weight is 177 g/mol. The van der Waals surface area contributed by atoms with Gasteiger partial charge in [-0.15, -0.1) is 9.24 Å². The number of nitrogens with zero attached hydrogens (tertiary/aromatic N) is 2. The Morgan fingerprint density at radius 2 is 1.58 bits per heavy atom. The van der Waals surface area contributed by atoms with Crippen molar-refractivity contribution in [1.82, 2.24) is 5.32 Å². The van der Waals surface area contributed by atoms with E-state index in [0.29, 0.717) is 0 Å². The number of nitriles is 2. The first-order valence-electron chi connectivity index (χ1n) is 3.15. The molecule has 12 heavy (non-hydrogen) atoms. The molecular weight excluding hydrogens is 169 g/mol. The number of benzene rings is 1. The molecule has 0 aliphatic rings. The van der Waals surface area contributed by atoms with E-state index in [1.54, 1.807) is 5.32 Å². The summed E-state index contributed by atoms with van der Waals surface area (Å²) in [6.45, 7) is 0. The molecule has 60 valence electrons. The minimum Gasteiger partial charge on any atom is -0.229 e. The summed E-state index contributed by atoms with van der Waals surface area (Å²) in [5.74, 6) is 0. The maximum Gasteiger partial charge on any atom is 0.190 e. The number of hydrogen-bond donors (Lipinski definition) is 1. The van der Waals surface area contributed by atoms with Crippen molar-refractivity contribution >= 4 is 14.5 Å². The summed E-state index contributed by atoms with van der Waals surface area (Å²) in [6.07, 6.45) is 2.81. The number of rotatable bonds is 0. The highest BCUT2D eigenvalue weighted by molar-refractivity contribution is 7.27. The lowest BCUT2D eigenvalue weighted by Gasteiger charge is -1.82. The van der Waals surface area contributed by atoms with E-state index in [0.717, 1.165) is 0 Å². The lowest BCUT2D eigenvalue weighted by atomic mass is 10.4. The van der Waals surface area contributed by atoms with Crippen molar-refractivity contribution in [2.24, 2.45) is 0 Å². The SMILES string of the molecule is N#CNC#N.Pc1ccccc1. The standard InChI is InChI=1S/C6H7P.C2HN3/c7-6-4-2-1-3-5-6;3-1-5-2-4/h1-5H,7H2;5H. The minimum absolute atomic E-state index is 1.24. The zero-order chi connectivity index (χ0) is 9.23. The summed E-state index contributed by atoms with van der Waals surface area (Å²) < 4.78 is 0. The predicted octanol–water partition coefficient (Wildman–Crippen LogP) is 0.725. The second kappa shape index (κ2) is 7.54. The molecule has 0 radical (unpaired) electrons. The normalized spacial score (nSPS) is 6.58. The number of nitrogens with one attached hydrogen (secondary N) is 1. The van der Waals surface area contributed by atoms with Gasteiger partial charge in [0.15, 0.2) is 12.4 Å². The van der Waals surface area contributed by atoms with Crippen LogP contribution < -0.4 is 10.6 Å².